The molecule has 0 atom stereocenters. The first-order valence-electron chi connectivity index (χ1n) is 5.19. The molecule has 1 heterocycles. The van der Waals surface area contributed by atoms with Gasteiger partial charge in [0.2, 0.25) is 0 Å². The number of halogens is 1. The van der Waals surface area contributed by atoms with E-state index in [9.17, 15) is 9.90 Å². The molecule has 0 aliphatic heterocycles. The second kappa shape index (κ2) is 4.70. The van der Waals surface area contributed by atoms with E-state index in [4.69, 9.17) is 16.7 Å². The van der Waals surface area contributed by atoms with Crippen LogP contribution >= 0.6 is 11.6 Å². The minimum atomic E-state index is -1.26. The average Bonchev–Trinajstić information content (AvgIpc) is 2.67. The number of allylic oxidation sites excluding steroid dienone is 1. The molecule has 2 rings (SSSR count). The van der Waals surface area contributed by atoms with Crippen LogP contribution in [-0.4, -0.2) is 31.6 Å². The van der Waals surface area contributed by atoms with Crippen LogP contribution in [0.5, 0.6) is 0 Å². The summed E-state index contributed by atoms with van der Waals surface area (Å²) in [4.78, 5) is 15.4. The third-order valence-electron chi connectivity index (χ3n) is 2.64. The lowest BCUT2D eigenvalue weighted by Crippen LogP contribution is -2.09. The van der Waals surface area contributed by atoms with E-state index in [0.717, 1.165) is 5.52 Å². The monoisotopic (exact) mass is 266 g/mol. The Morgan fingerprint density at radius 1 is 1.39 bits per heavy atom. The van der Waals surface area contributed by atoms with Gasteiger partial charge < -0.3 is 14.8 Å². The number of aliphatic carboxylic acids is 1. The SMILES string of the molecule is Cn1c(/C(C(=O)O)=C(\O)CCl)nc2ccccc21. The number of aromatic nitrogens is 2. The molecular weight excluding hydrogens is 256 g/mol. The van der Waals surface area contributed by atoms with Crippen molar-refractivity contribution in [3.8, 4) is 0 Å². The maximum Gasteiger partial charge on any atom is 0.342 e. The Balaban J connectivity index is 2.74. The van der Waals surface area contributed by atoms with Crippen molar-refractivity contribution in [1.82, 2.24) is 9.55 Å². The first-order chi connectivity index (χ1) is 8.56. The van der Waals surface area contributed by atoms with Gasteiger partial charge in [-0.25, -0.2) is 9.78 Å². The highest BCUT2D eigenvalue weighted by Gasteiger charge is 2.22. The molecular formula is C12H11ClN2O3. The van der Waals surface area contributed by atoms with Crippen molar-refractivity contribution in [2.24, 2.45) is 7.05 Å². The Kier molecular flexibility index (Phi) is 3.25. The summed E-state index contributed by atoms with van der Waals surface area (Å²) in [6.45, 7) is 0. The summed E-state index contributed by atoms with van der Waals surface area (Å²) in [6, 6.07) is 7.24. The topological polar surface area (TPSA) is 75.4 Å². The summed E-state index contributed by atoms with van der Waals surface area (Å²) < 4.78 is 1.61. The van der Waals surface area contributed by atoms with Gasteiger partial charge in [-0.1, -0.05) is 12.1 Å². The normalized spacial score (nSPS) is 12.6. The molecule has 0 amide bonds. The molecule has 0 fully saturated rings. The van der Waals surface area contributed by atoms with E-state index in [1.54, 1.807) is 17.7 Å². The van der Waals surface area contributed by atoms with Gasteiger partial charge in [0.05, 0.1) is 16.9 Å². The van der Waals surface area contributed by atoms with Crippen molar-refractivity contribution < 1.29 is 15.0 Å². The van der Waals surface area contributed by atoms with Gasteiger partial charge in [0.15, 0.2) is 5.82 Å². The number of para-hydroxylation sites is 2. The van der Waals surface area contributed by atoms with Crippen LogP contribution in [0.4, 0.5) is 0 Å². The zero-order valence-corrected chi connectivity index (χ0v) is 10.3. The molecule has 0 aliphatic rings. The second-order valence-electron chi connectivity index (χ2n) is 3.74. The Bertz CT molecular complexity index is 646. The molecule has 1 aromatic carbocycles. The van der Waals surface area contributed by atoms with Crippen LogP contribution in [-0.2, 0) is 11.8 Å². The molecule has 0 saturated heterocycles. The van der Waals surface area contributed by atoms with E-state index in [1.807, 2.05) is 18.2 Å². The average molecular weight is 267 g/mol. The highest BCUT2D eigenvalue weighted by atomic mass is 35.5. The largest absolute Gasteiger partial charge is 0.510 e. The fourth-order valence-corrected chi connectivity index (χ4v) is 1.92. The number of benzene rings is 1. The van der Waals surface area contributed by atoms with E-state index in [0.29, 0.717) is 5.52 Å². The van der Waals surface area contributed by atoms with E-state index < -0.39 is 11.7 Å². The van der Waals surface area contributed by atoms with Crippen LogP contribution in [0.2, 0.25) is 0 Å². The van der Waals surface area contributed by atoms with E-state index >= 15 is 0 Å². The molecule has 0 unspecified atom stereocenters. The van der Waals surface area contributed by atoms with E-state index in [-0.39, 0.29) is 17.3 Å². The van der Waals surface area contributed by atoms with Gasteiger partial charge in [0, 0.05) is 7.05 Å². The van der Waals surface area contributed by atoms with Crippen molar-refractivity contribution in [3.05, 3.63) is 35.8 Å². The standard InChI is InChI=1S/C12H11ClN2O3/c1-15-8-5-3-2-4-7(8)14-11(15)10(12(17)18)9(16)6-13/h2-5,16H,6H2,1H3,(H,17,18)/b10-9+. The smallest absolute Gasteiger partial charge is 0.342 e. The van der Waals surface area contributed by atoms with Gasteiger partial charge in [-0.05, 0) is 12.1 Å². The van der Waals surface area contributed by atoms with Crippen molar-refractivity contribution in [3.63, 3.8) is 0 Å². The number of fused-ring (bicyclic) bond motifs is 1. The minimum absolute atomic E-state index is 0.182. The Morgan fingerprint density at radius 3 is 2.61 bits per heavy atom. The molecule has 18 heavy (non-hydrogen) atoms. The Morgan fingerprint density at radius 2 is 2.06 bits per heavy atom. The molecule has 1 aromatic heterocycles. The lowest BCUT2D eigenvalue weighted by Gasteiger charge is -2.05. The van der Waals surface area contributed by atoms with E-state index in [1.165, 1.54) is 0 Å². The quantitative estimate of drug-likeness (QED) is 0.507. The van der Waals surface area contributed by atoms with Crippen molar-refractivity contribution >= 4 is 34.2 Å². The molecule has 6 heteroatoms. The molecule has 0 radical (unpaired) electrons. The molecule has 0 aliphatic carbocycles. The number of carboxylic acids is 1. The van der Waals surface area contributed by atoms with Gasteiger partial charge in [-0.15, -0.1) is 11.6 Å². The molecule has 5 nitrogen and oxygen atoms in total. The lowest BCUT2D eigenvalue weighted by atomic mass is 10.2. The Hall–Kier alpha value is -2.01. The summed E-state index contributed by atoms with van der Waals surface area (Å²) in [6.07, 6.45) is 0. The predicted octanol–water partition coefficient (Wildman–Crippen LogP) is 2.17. The van der Waals surface area contributed by atoms with Crippen LogP contribution in [0, 0.1) is 0 Å². The van der Waals surface area contributed by atoms with Crippen molar-refractivity contribution in [1.29, 1.82) is 0 Å². The first-order valence-corrected chi connectivity index (χ1v) is 5.73. The molecule has 0 bridgehead atoms. The highest BCUT2D eigenvalue weighted by Crippen LogP contribution is 2.22. The summed E-state index contributed by atoms with van der Waals surface area (Å²) >= 11 is 5.48. The number of alkyl halides is 1. The zero-order valence-electron chi connectivity index (χ0n) is 9.59. The number of carboxylic acid groups (broad SMARTS) is 1. The first kappa shape index (κ1) is 12.4. The number of aliphatic hydroxyl groups excluding tert-OH is 1. The lowest BCUT2D eigenvalue weighted by molar-refractivity contribution is -0.130. The summed E-state index contributed by atoms with van der Waals surface area (Å²) in [7, 11) is 1.69. The zero-order chi connectivity index (χ0) is 13.3. The van der Waals surface area contributed by atoms with Gasteiger partial charge in [-0.3, -0.25) is 0 Å². The Labute approximate surface area is 108 Å². The number of aliphatic hydroxyl groups is 1. The summed E-state index contributed by atoms with van der Waals surface area (Å²) in [5, 5.41) is 18.8. The summed E-state index contributed by atoms with van der Waals surface area (Å²) in [5.74, 6) is -1.75. The van der Waals surface area contributed by atoms with Gasteiger partial charge in [-0.2, -0.15) is 0 Å². The van der Waals surface area contributed by atoms with E-state index in [2.05, 4.69) is 4.98 Å². The number of aryl methyl sites for hydroxylation is 1. The van der Waals surface area contributed by atoms with Crippen molar-refractivity contribution in [2.75, 3.05) is 5.88 Å². The number of hydrogen-bond acceptors (Lipinski definition) is 3. The third kappa shape index (κ3) is 1.93. The second-order valence-corrected chi connectivity index (χ2v) is 4.01. The maximum atomic E-state index is 11.2. The summed E-state index contributed by atoms with van der Waals surface area (Å²) in [5.41, 5.74) is 1.17. The number of carbonyl (C=O) groups is 1. The van der Waals surface area contributed by atoms with Crippen LogP contribution in [0.15, 0.2) is 30.0 Å². The minimum Gasteiger partial charge on any atom is -0.510 e. The van der Waals surface area contributed by atoms with Crippen LogP contribution in [0.1, 0.15) is 5.82 Å². The predicted molar refractivity (Wildman–Crippen MR) is 68.6 cm³/mol. The fraction of sp³-hybridized carbons (Fsp3) is 0.167. The molecule has 0 saturated carbocycles. The molecule has 2 aromatic rings. The maximum absolute atomic E-state index is 11.2. The number of imidazole rings is 1. The van der Waals surface area contributed by atoms with Gasteiger partial charge in [0.25, 0.3) is 0 Å². The fourth-order valence-electron chi connectivity index (χ4n) is 1.78. The molecule has 94 valence electrons. The van der Waals surface area contributed by atoms with Crippen LogP contribution in [0.3, 0.4) is 0 Å². The van der Waals surface area contributed by atoms with Gasteiger partial charge in [0.1, 0.15) is 11.3 Å². The number of rotatable bonds is 3. The van der Waals surface area contributed by atoms with Gasteiger partial charge >= 0.3 is 5.97 Å². The molecule has 2 N–H and O–H groups in total. The number of nitrogens with zero attached hydrogens (tertiary/aromatic N) is 2. The molecule has 0 spiro atoms. The van der Waals surface area contributed by atoms with Crippen LogP contribution < -0.4 is 0 Å². The highest BCUT2D eigenvalue weighted by molar-refractivity contribution is 6.22. The van der Waals surface area contributed by atoms with Crippen molar-refractivity contribution in [2.45, 2.75) is 0 Å². The van der Waals surface area contributed by atoms with Crippen LogP contribution in [0.25, 0.3) is 16.6 Å². The third-order valence-corrected chi connectivity index (χ3v) is 2.89. The number of hydrogen-bond donors (Lipinski definition) is 2.